The molecule has 1 unspecified atom stereocenters. The number of halogens is 1. The van der Waals surface area contributed by atoms with Gasteiger partial charge in [-0.1, -0.05) is 0 Å². The van der Waals surface area contributed by atoms with Crippen LogP contribution in [0.5, 0.6) is 11.5 Å². The number of hydrogen-bond donors (Lipinski definition) is 1. The number of imidazole rings is 1. The molecule has 29 heavy (non-hydrogen) atoms. The van der Waals surface area contributed by atoms with Crippen LogP contribution in [0.15, 0.2) is 41.6 Å². The van der Waals surface area contributed by atoms with Crippen LogP contribution < -0.4 is 15.2 Å². The van der Waals surface area contributed by atoms with Gasteiger partial charge in [0.2, 0.25) is 6.36 Å². The Morgan fingerprint density at radius 3 is 2.48 bits per heavy atom. The molecule has 3 rings (SSSR count). The molecule has 0 radical (unpaired) electrons. The fraction of sp³-hybridized carbons (Fsp3) is 0.350. The Hall–Kier alpha value is -2.81. The number of sulfone groups is 1. The van der Waals surface area contributed by atoms with Crippen LogP contribution in [-0.2, 0) is 9.84 Å². The fourth-order valence-corrected chi connectivity index (χ4v) is 4.23. The summed E-state index contributed by atoms with van der Waals surface area (Å²) in [6, 6.07) is 6.39. The van der Waals surface area contributed by atoms with E-state index in [0.29, 0.717) is 22.6 Å². The highest BCUT2D eigenvalue weighted by Crippen LogP contribution is 2.35. The van der Waals surface area contributed by atoms with E-state index in [2.05, 4.69) is 4.98 Å². The lowest BCUT2D eigenvalue weighted by molar-refractivity contribution is 0.0862. The zero-order chi connectivity index (χ0) is 21.6. The van der Waals surface area contributed by atoms with Crippen molar-refractivity contribution in [3.63, 3.8) is 0 Å². The SMILES string of the molecule is COc1cc2ncc(-c3cc(N)cc(OC(C)F)c3)n2cc1S(=O)(=O)C(C)(C)C. The van der Waals surface area contributed by atoms with Crippen molar-refractivity contribution in [3.05, 3.63) is 36.7 Å². The first-order valence-electron chi connectivity index (χ1n) is 8.95. The minimum atomic E-state index is -3.69. The van der Waals surface area contributed by atoms with Gasteiger partial charge in [-0.15, -0.1) is 0 Å². The predicted molar refractivity (Wildman–Crippen MR) is 110 cm³/mol. The number of nitrogens with two attached hydrogens (primary N) is 1. The van der Waals surface area contributed by atoms with Crippen LogP contribution in [0.4, 0.5) is 10.1 Å². The lowest BCUT2D eigenvalue weighted by atomic mass is 10.1. The van der Waals surface area contributed by atoms with Gasteiger partial charge in [-0.25, -0.2) is 17.8 Å². The van der Waals surface area contributed by atoms with Crippen molar-refractivity contribution < 1.29 is 22.3 Å². The Kier molecular flexibility index (Phi) is 5.20. The Morgan fingerprint density at radius 1 is 1.21 bits per heavy atom. The summed E-state index contributed by atoms with van der Waals surface area (Å²) < 4.78 is 50.5. The third-order valence-electron chi connectivity index (χ3n) is 4.41. The molecule has 0 bridgehead atoms. The van der Waals surface area contributed by atoms with Gasteiger partial charge in [0, 0.05) is 36.5 Å². The zero-order valence-corrected chi connectivity index (χ0v) is 17.7. The molecule has 156 valence electrons. The molecular weight excluding hydrogens is 397 g/mol. The number of nitrogens with zero attached hydrogens (tertiary/aromatic N) is 2. The molecule has 0 aliphatic carbocycles. The Bertz CT molecular complexity index is 1160. The first-order chi connectivity index (χ1) is 13.4. The third kappa shape index (κ3) is 3.87. The maximum Gasteiger partial charge on any atom is 0.235 e. The highest BCUT2D eigenvalue weighted by atomic mass is 32.2. The fourth-order valence-electron chi connectivity index (χ4n) is 2.92. The van der Waals surface area contributed by atoms with Crippen LogP contribution in [-0.4, -0.2) is 36.0 Å². The zero-order valence-electron chi connectivity index (χ0n) is 16.9. The Labute approximate surface area is 169 Å². The van der Waals surface area contributed by atoms with Gasteiger partial charge in [0.15, 0.2) is 9.84 Å². The summed E-state index contributed by atoms with van der Waals surface area (Å²) in [7, 11) is -2.28. The van der Waals surface area contributed by atoms with Crippen molar-refractivity contribution in [1.82, 2.24) is 9.38 Å². The van der Waals surface area contributed by atoms with Gasteiger partial charge in [-0.05, 0) is 32.9 Å². The van der Waals surface area contributed by atoms with Crippen LogP contribution >= 0.6 is 0 Å². The second kappa shape index (κ2) is 7.22. The Balaban J connectivity index is 2.25. The molecule has 0 aliphatic rings. The number of nitrogen functional groups attached to an aromatic ring is 1. The molecule has 0 amide bonds. The van der Waals surface area contributed by atoms with E-state index >= 15 is 0 Å². The summed E-state index contributed by atoms with van der Waals surface area (Å²) in [6.07, 6.45) is 1.57. The van der Waals surface area contributed by atoms with Crippen LogP contribution in [0.2, 0.25) is 0 Å². The quantitative estimate of drug-likeness (QED) is 0.629. The molecule has 7 nitrogen and oxygen atoms in total. The normalized spacial score (nSPS) is 13.4. The summed E-state index contributed by atoms with van der Waals surface area (Å²) in [5.41, 5.74) is 8.00. The highest BCUT2D eigenvalue weighted by molar-refractivity contribution is 7.92. The summed E-state index contributed by atoms with van der Waals surface area (Å²) in [4.78, 5) is 4.39. The molecule has 2 aromatic heterocycles. The van der Waals surface area contributed by atoms with Crippen molar-refractivity contribution in [3.8, 4) is 22.8 Å². The van der Waals surface area contributed by atoms with E-state index in [1.165, 1.54) is 26.3 Å². The molecule has 0 fully saturated rings. The van der Waals surface area contributed by atoms with E-state index < -0.39 is 20.9 Å². The second-order valence-corrected chi connectivity index (χ2v) is 10.3. The largest absolute Gasteiger partial charge is 0.495 e. The summed E-state index contributed by atoms with van der Waals surface area (Å²) in [5.74, 6) is 0.480. The van der Waals surface area contributed by atoms with Gasteiger partial charge in [0.05, 0.1) is 23.7 Å². The van der Waals surface area contributed by atoms with Crippen LogP contribution in [0.1, 0.15) is 27.7 Å². The number of anilines is 1. The number of fused-ring (bicyclic) bond motifs is 1. The van der Waals surface area contributed by atoms with Gasteiger partial charge in [-0.2, -0.15) is 0 Å². The third-order valence-corrected chi connectivity index (χ3v) is 6.91. The van der Waals surface area contributed by atoms with Crippen molar-refractivity contribution in [2.24, 2.45) is 0 Å². The average molecular weight is 421 g/mol. The van der Waals surface area contributed by atoms with E-state index in [9.17, 15) is 12.8 Å². The lowest BCUT2D eigenvalue weighted by Crippen LogP contribution is -2.28. The maximum absolute atomic E-state index is 13.3. The molecule has 1 aromatic carbocycles. The molecule has 0 saturated heterocycles. The number of pyridine rings is 1. The van der Waals surface area contributed by atoms with Crippen molar-refractivity contribution in [2.75, 3.05) is 12.8 Å². The molecule has 2 heterocycles. The number of rotatable bonds is 5. The van der Waals surface area contributed by atoms with E-state index in [1.54, 1.807) is 49.6 Å². The maximum atomic E-state index is 13.3. The van der Waals surface area contributed by atoms with Crippen LogP contribution in [0, 0.1) is 0 Å². The number of alkyl halides is 1. The van der Waals surface area contributed by atoms with Crippen molar-refractivity contribution >= 4 is 21.2 Å². The molecular formula is C20H24FN3O4S. The second-order valence-electron chi connectivity index (χ2n) is 7.65. The number of benzene rings is 1. The van der Waals surface area contributed by atoms with E-state index in [4.69, 9.17) is 15.2 Å². The van der Waals surface area contributed by atoms with Crippen LogP contribution in [0.25, 0.3) is 16.9 Å². The number of methoxy groups -OCH3 is 1. The molecule has 0 spiro atoms. The molecule has 2 N–H and O–H groups in total. The number of hydrogen-bond acceptors (Lipinski definition) is 6. The molecule has 0 aliphatic heterocycles. The first kappa shape index (κ1) is 20.9. The van der Waals surface area contributed by atoms with Gasteiger partial charge in [0.1, 0.15) is 22.0 Å². The topological polar surface area (TPSA) is 95.9 Å². The molecule has 3 aromatic rings. The smallest absolute Gasteiger partial charge is 0.235 e. The lowest BCUT2D eigenvalue weighted by Gasteiger charge is -2.21. The van der Waals surface area contributed by atoms with Crippen molar-refractivity contribution in [2.45, 2.75) is 43.7 Å². The first-order valence-corrected chi connectivity index (χ1v) is 10.4. The number of ether oxygens (including phenoxy) is 2. The van der Waals surface area contributed by atoms with E-state index in [0.717, 1.165) is 0 Å². The minimum Gasteiger partial charge on any atom is -0.495 e. The van der Waals surface area contributed by atoms with E-state index in [-0.39, 0.29) is 16.4 Å². The van der Waals surface area contributed by atoms with Gasteiger partial charge < -0.3 is 15.2 Å². The molecule has 0 saturated carbocycles. The summed E-state index contributed by atoms with van der Waals surface area (Å²) in [6.45, 7) is 6.15. The molecule has 1 atom stereocenters. The summed E-state index contributed by atoms with van der Waals surface area (Å²) >= 11 is 0. The van der Waals surface area contributed by atoms with Gasteiger partial charge >= 0.3 is 0 Å². The average Bonchev–Trinajstić information content (AvgIpc) is 3.01. The monoisotopic (exact) mass is 421 g/mol. The minimum absolute atomic E-state index is 0.0528. The van der Waals surface area contributed by atoms with Gasteiger partial charge in [0.25, 0.3) is 0 Å². The van der Waals surface area contributed by atoms with E-state index in [1.807, 2.05) is 0 Å². The summed E-state index contributed by atoms with van der Waals surface area (Å²) in [5, 5.41) is 0. The van der Waals surface area contributed by atoms with Gasteiger partial charge in [-0.3, -0.25) is 4.40 Å². The Morgan fingerprint density at radius 2 is 1.90 bits per heavy atom. The molecule has 9 heteroatoms. The predicted octanol–water partition coefficient (Wildman–Crippen LogP) is 3.86. The van der Waals surface area contributed by atoms with Crippen LogP contribution in [0.3, 0.4) is 0 Å². The van der Waals surface area contributed by atoms with Crippen molar-refractivity contribution in [1.29, 1.82) is 0 Å². The standard InChI is InChI=1S/C20H24FN3O4S/c1-12(21)28-15-7-13(6-14(22)8-15)16-10-23-19-9-17(27-5)18(11-24(16)19)29(25,26)20(2,3)4/h6-12H,22H2,1-5H3. The highest BCUT2D eigenvalue weighted by Gasteiger charge is 2.34. The number of aromatic nitrogens is 2.